The molecule has 2 aromatic carbocycles. The van der Waals surface area contributed by atoms with Crippen LogP contribution in [-0.2, 0) is 4.79 Å². The second kappa shape index (κ2) is 10.2. The minimum Gasteiger partial charge on any atom is -0.491 e. The number of carbonyl (C=O) groups excluding carboxylic acids is 2. The Balaban J connectivity index is 1.66. The molecule has 0 radical (unpaired) electrons. The summed E-state index contributed by atoms with van der Waals surface area (Å²) in [6.45, 7) is 6.54. The zero-order chi connectivity index (χ0) is 22.4. The second-order valence-electron chi connectivity index (χ2n) is 7.40. The van der Waals surface area contributed by atoms with Gasteiger partial charge in [0.05, 0.1) is 11.4 Å². The van der Waals surface area contributed by atoms with Crippen LogP contribution in [0.15, 0.2) is 47.4 Å². The van der Waals surface area contributed by atoms with Crippen LogP contribution in [-0.4, -0.2) is 35.8 Å². The maximum atomic E-state index is 12.7. The average molecular weight is 437 g/mol. The van der Waals surface area contributed by atoms with Crippen molar-refractivity contribution in [1.82, 2.24) is 4.90 Å². The van der Waals surface area contributed by atoms with Gasteiger partial charge in [-0.1, -0.05) is 38.1 Å². The first-order valence-electron chi connectivity index (χ1n) is 9.97. The predicted octanol–water partition coefficient (Wildman–Crippen LogP) is 5.14. The van der Waals surface area contributed by atoms with Crippen molar-refractivity contribution < 1.29 is 19.1 Å². The van der Waals surface area contributed by atoms with E-state index in [0.717, 1.165) is 34.2 Å². The molecule has 7 heteroatoms. The Kier molecular flexibility index (Phi) is 7.37. The molecule has 0 unspecified atom stereocenters. The minimum atomic E-state index is -0.338. The Morgan fingerprint density at radius 2 is 1.97 bits per heavy atom. The summed E-state index contributed by atoms with van der Waals surface area (Å²) in [7, 11) is 0. The van der Waals surface area contributed by atoms with Gasteiger partial charge in [0.15, 0.2) is 6.61 Å². The molecule has 31 heavy (non-hydrogen) atoms. The number of carbonyl (C=O) groups is 2. The van der Waals surface area contributed by atoms with E-state index in [0.29, 0.717) is 16.6 Å². The first-order valence-corrected chi connectivity index (χ1v) is 10.8. The van der Waals surface area contributed by atoms with Crippen molar-refractivity contribution in [1.29, 1.82) is 5.26 Å². The molecule has 2 aromatic rings. The summed E-state index contributed by atoms with van der Waals surface area (Å²) in [6, 6.07) is 15.0. The summed E-state index contributed by atoms with van der Waals surface area (Å²) in [4.78, 5) is 26.7. The van der Waals surface area contributed by atoms with E-state index in [2.05, 4.69) is 13.8 Å². The lowest BCUT2D eigenvalue weighted by Crippen LogP contribution is -2.32. The van der Waals surface area contributed by atoms with Crippen LogP contribution in [0.25, 0.3) is 6.08 Å². The van der Waals surface area contributed by atoms with Crippen molar-refractivity contribution in [3.05, 3.63) is 64.1 Å². The van der Waals surface area contributed by atoms with Gasteiger partial charge in [-0.05, 0) is 65.6 Å². The zero-order valence-corrected chi connectivity index (χ0v) is 18.6. The van der Waals surface area contributed by atoms with Crippen molar-refractivity contribution in [2.45, 2.75) is 26.7 Å². The van der Waals surface area contributed by atoms with Crippen molar-refractivity contribution in [3.63, 3.8) is 0 Å². The van der Waals surface area contributed by atoms with E-state index in [1.54, 1.807) is 24.3 Å². The third kappa shape index (κ3) is 5.68. The minimum absolute atomic E-state index is 0.0561. The molecular formula is C24H24N2O4S. The standard InChI is InChI=1S/C24H24N2O4S/c1-16(2)20-8-7-17(3)13-21(20)30-12-10-26-23(27)22(31-24(26)28)15-18-5-4-6-19(14-18)29-11-9-25/h4-8,13-16H,10-12H2,1-3H3/b22-15-. The fourth-order valence-electron chi connectivity index (χ4n) is 3.14. The summed E-state index contributed by atoms with van der Waals surface area (Å²) in [5, 5.41) is 8.32. The summed E-state index contributed by atoms with van der Waals surface area (Å²) in [6.07, 6.45) is 1.66. The van der Waals surface area contributed by atoms with Gasteiger partial charge in [-0.2, -0.15) is 5.26 Å². The van der Waals surface area contributed by atoms with E-state index in [1.807, 2.05) is 37.3 Å². The van der Waals surface area contributed by atoms with Gasteiger partial charge < -0.3 is 9.47 Å². The van der Waals surface area contributed by atoms with Crippen molar-refractivity contribution in [3.8, 4) is 17.6 Å². The molecule has 0 aliphatic carbocycles. The molecule has 3 rings (SSSR count). The molecule has 0 saturated carbocycles. The summed E-state index contributed by atoms with van der Waals surface area (Å²) in [5.41, 5.74) is 2.91. The number of aryl methyl sites for hydroxylation is 1. The molecule has 1 saturated heterocycles. The molecule has 0 spiro atoms. The van der Waals surface area contributed by atoms with Gasteiger partial charge in [-0.25, -0.2) is 0 Å². The Bertz CT molecular complexity index is 1060. The highest BCUT2D eigenvalue weighted by Gasteiger charge is 2.34. The number of nitriles is 1. The average Bonchev–Trinajstić information content (AvgIpc) is 2.99. The topological polar surface area (TPSA) is 79.6 Å². The Labute approximate surface area is 186 Å². The summed E-state index contributed by atoms with van der Waals surface area (Å²) >= 11 is 0.907. The van der Waals surface area contributed by atoms with Gasteiger partial charge >= 0.3 is 0 Å². The largest absolute Gasteiger partial charge is 0.491 e. The quantitative estimate of drug-likeness (QED) is 0.533. The molecule has 6 nitrogen and oxygen atoms in total. The van der Waals surface area contributed by atoms with Crippen molar-refractivity contribution in [2.75, 3.05) is 19.8 Å². The van der Waals surface area contributed by atoms with Crippen LogP contribution in [0.2, 0.25) is 0 Å². The van der Waals surface area contributed by atoms with Crippen LogP contribution in [0, 0.1) is 18.3 Å². The van der Waals surface area contributed by atoms with E-state index < -0.39 is 0 Å². The van der Waals surface area contributed by atoms with Gasteiger partial charge in [-0.15, -0.1) is 0 Å². The lowest BCUT2D eigenvalue weighted by Gasteiger charge is -2.17. The molecule has 2 amide bonds. The number of ether oxygens (including phenoxy) is 2. The van der Waals surface area contributed by atoms with Gasteiger partial charge in [-0.3, -0.25) is 14.5 Å². The van der Waals surface area contributed by atoms with Crippen LogP contribution in [0.3, 0.4) is 0 Å². The maximum absolute atomic E-state index is 12.7. The molecular weight excluding hydrogens is 412 g/mol. The number of benzene rings is 2. The highest BCUT2D eigenvalue weighted by Crippen LogP contribution is 2.33. The molecule has 1 aliphatic heterocycles. The van der Waals surface area contributed by atoms with Crippen LogP contribution in [0.5, 0.6) is 11.5 Å². The van der Waals surface area contributed by atoms with E-state index in [1.165, 1.54) is 4.90 Å². The second-order valence-corrected chi connectivity index (χ2v) is 8.39. The lowest BCUT2D eigenvalue weighted by atomic mass is 10.0. The van der Waals surface area contributed by atoms with Crippen LogP contribution in [0.4, 0.5) is 4.79 Å². The third-order valence-electron chi connectivity index (χ3n) is 4.70. The molecule has 0 bridgehead atoms. The number of thioether (sulfide) groups is 1. The Morgan fingerprint density at radius 3 is 2.71 bits per heavy atom. The number of hydrogen-bond acceptors (Lipinski definition) is 6. The first kappa shape index (κ1) is 22.4. The third-order valence-corrected chi connectivity index (χ3v) is 5.60. The maximum Gasteiger partial charge on any atom is 0.293 e. The highest BCUT2D eigenvalue weighted by molar-refractivity contribution is 8.18. The molecule has 1 fully saturated rings. The van der Waals surface area contributed by atoms with Gasteiger partial charge in [0, 0.05) is 0 Å². The number of amides is 2. The zero-order valence-electron chi connectivity index (χ0n) is 17.8. The molecule has 1 aliphatic rings. The van der Waals surface area contributed by atoms with Crippen molar-refractivity contribution in [2.24, 2.45) is 0 Å². The summed E-state index contributed by atoms with van der Waals surface area (Å²) < 4.78 is 11.2. The molecule has 0 N–H and O–H groups in total. The predicted molar refractivity (Wildman–Crippen MR) is 121 cm³/mol. The first-order chi connectivity index (χ1) is 14.9. The van der Waals surface area contributed by atoms with E-state index in [9.17, 15) is 9.59 Å². The van der Waals surface area contributed by atoms with E-state index in [4.69, 9.17) is 14.7 Å². The molecule has 0 aromatic heterocycles. The highest BCUT2D eigenvalue weighted by atomic mass is 32.2. The lowest BCUT2D eigenvalue weighted by molar-refractivity contribution is -0.123. The van der Waals surface area contributed by atoms with E-state index >= 15 is 0 Å². The normalized spacial score (nSPS) is 14.9. The fourth-order valence-corrected chi connectivity index (χ4v) is 4.01. The number of rotatable bonds is 8. The Morgan fingerprint density at radius 1 is 1.16 bits per heavy atom. The smallest absolute Gasteiger partial charge is 0.293 e. The van der Waals surface area contributed by atoms with Crippen molar-refractivity contribution >= 4 is 29.0 Å². The number of hydrogen-bond donors (Lipinski definition) is 0. The molecule has 0 atom stereocenters. The van der Waals surface area contributed by atoms with Gasteiger partial charge in [0.2, 0.25) is 0 Å². The molecule has 160 valence electrons. The number of nitrogens with zero attached hydrogens (tertiary/aromatic N) is 2. The SMILES string of the molecule is Cc1ccc(C(C)C)c(OCCN2C(=O)S/C(=C\c3cccc(OCC#N)c3)C2=O)c1. The molecule has 1 heterocycles. The Hall–Kier alpha value is -3.24. The van der Waals surface area contributed by atoms with Crippen LogP contribution in [0.1, 0.15) is 36.5 Å². The fraction of sp³-hybridized carbons (Fsp3) is 0.292. The summed E-state index contributed by atoms with van der Waals surface area (Å²) in [5.74, 6) is 1.28. The van der Waals surface area contributed by atoms with Crippen LogP contribution < -0.4 is 9.47 Å². The van der Waals surface area contributed by atoms with Gasteiger partial charge in [0.1, 0.15) is 24.2 Å². The number of imide groups is 1. The monoisotopic (exact) mass is 436 g/mol. The van der Waals surface area contributed by atoms with Gasteiger partial charge in [0.25, 0.3) is 11.1 Å². The van der Waals surface area contributed by atoms with E-state index in [-0.39, 0.29) is 30.9 Å². The van der Waals surface area contributed by atoms with Crippen LogP contribution >= 0.6 is 11.8 Å².